The molecule has 0 radical (unpaired) electrons. The van der Waals surface area contributed by atoms with Crippen LogP contribution in [0.25, 0.3) is 11.0 Å². The molecule has 0 bridgehead atoms. The van der Waals surface area contributed by atoms with Crippen LogP contribution in [0.2, 0.25) is 0 Å². The molecule has 6 nitrogen and oxygen atoms in total. The molecule has 0 amide bonds. The Hall–Kier alpha value is -2.28. The summed E-state index contributed by atoms with van der Waals surface area (Å²) in [5.74, 6) is 0.977. The minimum absolute atomic E-state index is 0. The van der Waals surface area contributed by atoms with E-state index in [1.807, 2.05) is 12.4 Å². The van der Waals surface area contributed by atoms with Crippen molar-refractivity contribution in [2.24, 2.45) is 0 Å². The normalized spacial score (nSPS) is 18.7. The Kier molecular flexibility index (Phi) is 8.35. The Morgan fingerprint density at radius 3 is 2.71 bits per heavy atom. The molecule has 3 aromatic rings. The number of anilines is 1. The van der Waals surface area contributed by atoms with E-state index < -0.39 is 0 Å². The predicted molar refractivity (Wildman–Crippen MR) is 143 cm³/mol. The molecule has 1 atom stereocenters. The third-order valence-electron chi connectivity index (χ3n) is 7.47. The number of aromatic amines is 1. The topological polar surface area (TPSA) is 47.6 Å². The predicted octanol–water partition coefficient (Wildman–Crippen LogP) is 4.38. The number of nitrogens with zero attached hydrogens (tertiary/aromatic N) is 4. The molecule has 7 heteroatoms. The number of aryl methyl sites for hydroxylation is 1. The number of fused-ring (bicyclic) bond motifs is 2. The molecule has 2 heterocycles. The van der Waals surface area contributed by atoms with Crippen molar-refractivity contribution in [3.63, 3.8) is 0 Å². The van der Waals surface area contributed by atoms with Crippen LogP contribution >= 0.6 is 12.4 Å². The summed E-state index contributed by atoms with van der Waals surface area (Å²) in [7, 11) is 1.76. The molecule has 34 heavy (non-hydrogen) atoms. The summed E-state index contributed by atoms with van der Waals surface area (Å²) in [5, 5.41) is 0. The summed E-state index contributed by atoms with van der Waals surface area (Å²) in [5.41, 5.74) is 6.50. The number of H-pyrrole nitrogens is 1. The zero-order valence-corrected chi connectivity index (χ0v) is 21.3. The first-order chi connectivity index (χ1) is 16.2. The Labute approximate surface area is 209 Å². The highest BCUT2D eigenvalue weighted by molar-refractivity contribution is 5.85. The first-order valence-corrected chi connectivity index (χ1v) is 12.5. The number of benzene rings is 2. The first kappa shape index (κ1) is 24.8. The zero-order chi connectivity index (χ0) is 22.6. The second kappa shape index (κ2) is 11.4. The van der Waals surface area contributed by atoms with Crippen LogP contribution in [-0.4, -0.2) is 78.7 Å². The molecule has 2 aliphatic rings. The number of rotatable bonds is 8. The fraction of sp³-hybridized carbons (Fsp3) is 0.519. The highest BCUT2D eigenvalue weighted by atomic mass is 35.5. The molecule has 184 valence electrons. The van der Waals surface area contributed by atoms with Gasteiger partial charge >= 0.3 is 0 Å². The van der Waals surface area contributed by atoms with Crippen molar-refractivity contribution >= 4 is 29.1 Å². The summed E-state index contributed by atoms with van der Waals surface area (Å²) in [4.78, 5) is 15.6. The van der Waals surface area contributed by atoms with Crippen LogP contribution < -0.4 is 9.64 Å². The fourth-order valence-corrected chi connectivity index (χ4v) is 5.62. The van der Waals surface area contributed by atoms with Gasteiger partial charge in [0.05, 0.1) is 30.2 Å². The smallest absolute Gasteiger partial charge is 0.142 e. The SMILES string of the molecule is CCCN(CCN1CCN(c2ccccc2OC)CC1)C1CCc2cc3nc[nH]c3cc2C1.Cl. The summed E-state index contributed by atoms with van der Waals surface area (Å²) in [6, 6.07) is 13.7. The zero-order valence-electron chi connectivity index (χ0n) is 20.5. The molecule has 2 aromatic carbocycles. The molecular weight excluding hydrogens is 446 g/mol. The number of methoxy groups -OCH3 is 1. The number of nitrogens with one attached hydrogen (secondary N) is 1. The maximum absolute atomic E-state index is 5.58. The lowest BCUT2D eigenvalue weighted by Gasteiger charge is -2.39. The van der Waals surface area contributed by atoms with Crippen LogP contribution in [0.15, 0.2) is 42.7 Å². The summed E-state index contributed by atoms with van der Waals surface area (Å²) in [6.45, 7) is 10.2. The third kappa shape index (κ3) is 5.35. The Morgan fingerprint density at radius 1 is 1.09 bits per heavy atom. The number of halogens is 1. The van der Waals surface area contributed by atoms with E-state index >= 15 is 0 Å². The van der Waals surface area contributed by atoms with Crippen molar-refractivity contribution in [3.8, 4) is 5.75 Å². The lowest BCUT2D eigenvalue weighted by atomic mass is 9.87. The summed E-state index contributed by atoms with van der Waals surface area (Å²) < 4.78 is 5.58. The highest BCUT2D eigenvalue weighted by Gasteiger charge is 2.26. The number of hydrogen-bond acceptors (Lipinski definition) is 5. The second-order valence-electron chi connectivity index (χ2n) is 9.47. The van der Waals surface area contributed by atoms with Crippen LogP contribution in [0.1, 0.15) is 30.9 Å². The van der Waals surface area contributed by atoms with E-state index in [-0.39, 0.29) is 12.4 Å². The monoisotopic (exact) mass is 483 g/mol. The van der Waals surface area contributed by atoms with Crippen molar-refractivity contribution < 1.29 is 4.74 Å². The van der Waals surface area contributed by atoms with Crippen molar-refractivity contribution in [1.82, 2.24) is 19.8 Å². The van der Waals surface area contributed by atoms with Gasteiger partial charge in [0.1, 0.15) is 5.75 Å². The van der Waals surface area contributed by atoms with Crippen LogP contribution in [0.3, 0.4) is 0 Å². The van der Waals surface area contributed by atoms with Gasteiger partial charge in [0.25, 0.3) is 0 Å². The maximum atomic E-state index is 5.58. The molecule has 1 fully saturated rings. The van der Waals surface area contributed by atoms with Gasteiger partial charge in [-0.05, 0) is 67.6 Å². The molecule has 5 rings (SSSR count). The first-order valence-electron chi connectivity index (χ1n) is 12.5. The minimum Gasteiger partial charge on any atom is -0.495 e. The number of piperazine rings is 1. The summed E-state index contributed by atoms with van der Waals surface area (Å²) >= 11 is 0. The van der Waals surface area contributed by atoms with Crippen LogP contribution in [0.5, 0.6) is 5.75 Å². The number of imidazole rings is 1. The van der Waals surface area contributed by atoms with E-state index in [0.717, 1.165) is 57.0 Å². The number of ether oxygens (including phenoxy) is 1. The maximum Gasteiger partial charge on any atom is 0.142 e. The van der Waals surface area contributed by atoms with Crippen LogP contribution in [0.4, 0.5) is 5.69 Å². The third-order valence-corrected chi connectivity index (χ3v) is 7.47. The van der Waals surface area contributed by atoms with Crippen molar-refractivity contribution in [2.75, 3.05) is 57.8 Å². The molecule has 0 spiro atoms. The average Bonchev–Trinajstić information content (AvgIpc) is 3.32. The minimum atomic E-state index is 0. The van der Waals surface area contributed by atoms with E-state index in [9.17, 15) is 0 Å². The average molecular weight is 484 g/mol. The molecule has 1 aromatic heterocycles. The van der Waals surface area contributed by atoms with Gasteiger partial charge in [-0.3, -0.25) is 9.80 Å². The van der Waals surface area contributed by atoms with Gasteiger partial charge in [0.15, 0.2) is 0 Å². The highest BCUT2D eigenvalue weighted by Crippen LogP contribution is 2.29. The van der Waals surface area contributed by atoms with Gasteiger partial charge in [-0.25, -0.2) is 4.98 Å². The van der Waals surface area contributed by atoms with Gasteiger partial charge in [0.2, 0.25) is 0 Å². The van der Waals surface area contributed by atoms with Crippen molar-refractivity contribution in [2.45, 2.75) is 38.6 Å². The molecule has 1 aliphatic carbocycles. The number of hydrogen-bond donors (Lipinski definition) is 1. The molecule has 1 aliphatic heterocycles. The Morgan fingerprint density at radius 2 is 1.91 bits per heavy atom. The van der Waals surface area contributed by atoms with E-state index in [1.54, 1.807) is 7.11 Å². The van der Waals surface area contributed by atoms with Crippen molar-refractivity contribution in [1.29, 1.82) is 0 Å². The molecule has 1 unspecified atom stereocenters. The van der Waals surface area contributed by atoms with E-state index in [1.165, 1.54) is 48.1 Å². The van der Waals surface area contributed by atoms with Gasteiger partial charge in [0, 0.05) is 45.3 Å². The number of aromatic nitrogens is 2. The van der Waals surface area contributed by atoms with Gasteiger partial charge in [-0.2, -0.15) is 0 Å². The second-order valence-corrected chi connectivity index (χ2v) is 9.47. The molecule has 1 saturated heterocycles. The lowest BCUT2D eigenvalue weighted by Crippen LogP contribution is -2.50. The Balaban J connectivity index is 0.00000274. The standard InChI is InChI=1S/C27H37N5O.ClH/c1-3-10-31(23-9-8-21-18-24-25(29-20-28-24)19-22(21)17-23)14-11-30-12-15-32(16-13-30)26-6-4-5-7-27(26)33-2;/h4-7,18-20,23H,3,8-17H2,1-2H3,(H,28,29);1H. The van der Waals surface area contributed by atoms with E-state index in [0.29, 0.717) is 6.04 Å². The van der Waals surface area contributed by atoms with Crippen LogP contribution in [-0.2, 0) is 12.8 Å². The molecule has 0 saturated carbocycles. The fourth-order valence-electron chi connectivity index (χ4n) is 5.62. The van der Waals surface area contributed by atoms with Gasteiger partial charge in [-0.1, -0.05) is 19.1 Å². The lowest BCUT2D eigenvalue weighted by molar-refractivity contribution is 0.145. The Bertz CT molecular complexity index is 1060. The largest absolute Gasteiger partial charge is 0.495 e. The molecular formula is C27H38ClN5O. The number of para-hydroxylation sites is 2. The van der Waals surface area contributed by atoms with Crippen molar-refractivity contribution in [3.05, 3.63) is 53.9 Å². The van der Waals surface area contributed by atoms with Gasteiger partial charge < -0.3 is 14.6 Å². The molecule has 1 N–H and O–H groups in total. The quantitative estimate of drug-likeness (QED) is 0.515. The van der Waals surface area contributed by atoms with Gasteiger partial charge in [-0.15, -0.1) is 12.4 Å². The summed E-state index contributed by atoms with van der Waals surface area (Å²) in [6.07, 6.45) is 6.60. The van der Waals surface area contributed by atoms with Crippen LogP contribution in [0, 0.1) is 0 Å². The van der Waals surface area contributed by atoms with E-state index in [2.05, 4.69) is 61.9 Å². The van der Waals surface area contributed by atoms with E-state index in [4.69, 9.17) is 4.74 Å².